The Bertz CT molecular complexity index is 1150. The highest BCUT2D eigenvalue weighted by Crippen LogP contribution is 2.34. The first-order valence-corrected chi connectivity index (χ1v) is 13.0. The van der Waals surface area contributed by atoms with Crippen molar-refractivity contribution in [1.82, 2.24) is 9.80 Å². The van der Waals surface area contributed by atoms with Gasteiger partial charge in [0.15, 0.2) is 0 Å². The lowest BCUT2D eigenvalue weighted by Gasteiger charge is -2.31. The first-order chi connectivity index (χ1) is 16.3. The van der Waals surface area contributed by atoms with E-state index in [1.165, 1.54) is 0 Å². The summed E-state index contributed by atoms with van der Waals surface area (Å²) in [6.07, 6.45) is 3.54. The normalized spacial score (nSPS) is 18.1. The number of benzene rings is 2. The lowest BCUT2D eigenvalue weighted by atomic mass is 9.99. The van der Waals surface area contributed by atoms with E-state index in [-0.39, 0.29) is 12.5 Å². The van der Waals surface area contributed by atoms with Crippen LogP contribution in [0.15, 0.2) is 51.8 Å². The van der Waals surface area contributed by atoms with Crippen molar-refractivity contribution >= 4 is 62.4 Å². The Labute approximate surface area is 216 Å². The van der Waals surface area contributed by atoms with Gasteiger partial charge in [-0.15, -0.1) is 0 Å². The van der Waals surface area contributed by atoms with Crippen LogP contribution in [0.4, 0.5) is 4.79 Å². The fourth-order valence-electron chi connectivity index (χ4n) is 3.78. The molecule has 0 unspecified atom stereocenters. The van der Waals surface area contributed by atoms with E-state index < -0.39 is 11.1 Å². The third-order valence-corrected chi connectivity index (χ3v) is 7.79. The van der Waals surface area contributed by atoms with E-state index in [1.807, 2.05) is 30.3 Å². The number of carbonyl (C=O) groups excluding carboxylic acids is 3. The molecule has 0 saturated carbocycles. The fraction of sp³-hybridized carbons (Fsp3) is 0.320. The predicted octanol–water partition coefficient (Wildman–Crippen LogP) is 5.98. The summed E-state index contributed by atoms with van der Waals surface area (Å²) in [7, 11) is 0. The topological polar surface area (TPSA) is 66.9 Å². The monoisotopic (exact) mass is 562 g/mol. The molecule has 0 aliphatic carbocycles. The number of halogens is 2. The Hall–Kier alpha value is -2.29. The zero-order valence-electron chi connectivity index (χ0n) is 18.6. The molecule has 178 valence electrons. The minimum Gasteiger partial charge on any atom is -0.488 e. The highest BCUT2D eigenvalue weighted by molar-refractivity contribution is 9.10. The third kappa shape index (κ3) is 5.85. The van der Waals surface area contributed by atoms with Crippen molar-refractivity contribution in [3.63, 3.8) is 0 Å². The lowest BCUT2D eigenvalue weighted by molar-refractivity contribution is -0.136. The quantitative estimate of drug-likeness (QED) is 0.405. The average molecular weight is 564 g/mol. The molecule has 0 N–H and O–H groups in total. The van der Waals surface area contributed by atoms with E-state index >= 15 is 0 Å². The van der Waals surface area contributed by atoms with Crippen LogP contribution in [0, 0.1) is 5.92 Å². The van der Waals surface area contributed by atoms with Gasteiger partial charge in [-0.3, -0.25) is 19.3 Å². The first-order valence-electron chi connectivity index (χ1n) is 11.0. The molecule has 6 nitrogen and oxygen atoms in total. The summed E-state index contributed by atoms with van der Waals surface area (Å²) in [5.41, 5.74) is 1.61. The first kappa shape index (κ1) is 24.8. The highest BCUT2D eigenvalue weighted by atomic mass is 79.9. The van der Waals surface area contributed by atoms with Crippen LogP contribution in [0.1, 0.15) is 30.9 Å². The van der Waals surface area contributed by atoms with E-state index in [9.17, 15) is 14.4 Å². The zero-order valence-corrected chi connectivity index (χ0v) is 21.8. The van der Waals surface area contributed by atoms with Crippen molar-refractivity contribution in [2.45, 2.75) is 26.4 Å². The largest absolute Gasteiger partial charge is 0.488 e. The van der Waals surface area contributed by atoms with Crippen LogP contribution in [0.3, 0.4) is 0 Å². The number of thioether (sulfide) groups is 1. The lowest BCUT2D eigenvalue weighted by Crippen LogP contribution is -2.45. The Kier molecular flexibility index (Phi) is 8.01. The van der Waals surface area contributed by atoms with Crippen LogP contribution in [0.25, 0.3) is 6.08 Å². The van der Waals surface area contributed by atoms with Gasteiger partial charge in [0.25, 0.3) is 11.1 Å². The van der Waals surface area contributed by atoms with Crippen LogP contribution >= 0.6 is 39.3 Å². The third-order valence-electron chi connectivity index (χ3n) is 5.90. The predicted molar refractivity (Wildman–Crippen MR) is 138 cm³/mol. The summed E-state index contributed by atoms with van der Waals surface area (Å²) >= 11 is 10.5. The second-order valence-electron chi connectivity index (χ2n) is 8.40. The van der Waals surface area contributed by atoms with Gasteiger partial charge in [0.2, 0.25) is 5.91 Å². The van der Waals surface area contributed by atoms with Crippen molar-refractivity contribution in [3.05, 3.63) is 68.0 Å². The molecule has 0 aromatic heterocycles. The molecule has 3 amide bonds. The molecule has 2 fully saturated rings. The number of imide groups is 1. The van der Waals surface area contributed by atoms with Crippen LogP contribution in [0.5, 0.6) is 5.75 Å². The summed E-state index contributed by atoms with van der Waals surface area (Å²) in [5.74, 6) is 0.602. The Balaban J connectivity index is 1.40. The second-order valence-corrected chi connectivity index (χ2v) is 10.7. The van der Waals surface area contributed by atoms with Gasteiger partial charge in [-0.1, -0.05) is 42.8 Å². The van der Waals surface area contributed by atoms with E-state index in [1.54, 1.807) is 23.1 Å². The number of ether oxygens (including phenoxy) is 1. The number of amides is 3. The second kappa shape index (κ2) is 11.0. The molecule has 2 saturated heterocycles. The number of piperidine rings is 1. The number of carbonyl (C=O) groups is 3. The average Bonchev–Trinajstić information content (AvgIpc) is 3.07. The van der Waals surface area contributed by atoms with Crippen LogP contribution in [0.2, 0.25) is 5.02 Å². The Morgan fingerprint density at radius 2 is 1.94 bits per heavy atom. The number of hydrogen-bond donors (Lipinski definition) is 0. The summed E-state index contributed by atoms with van der Waals surface area (Å²) in [6, 6.07) is 12.9. The van der Waals surface area contributed by atoms with Gasteiger partial charge < -0.3 is 9.64 Å². The molecule has 2 heterocycles. The number of rotatable bonds is 6. The van der Waals surface area contributed by atoms with E-state index in [4.69, 9.17) is 16.3 Å². The van der Waals surface area contributed by atoms with Gasteiger partial charge in [0.05, 0.1) is 9.38 Å². The minimum absolute atomic E-state index is 0.182. The molecular weight excluding hydrogens is 540 g/mol. The maximum atomic E-state index is 12.8. The molecule has 9 heteroatoms. The Morgan fingerprint density at radius 1 is 1.21 bits per heavy atom. The highest BCUT2D eigenvalue weighted by Gasteiger charge is 2.37. The van der Waals surface area contributed by atoms with Gasteiger partial charge in [-0.05, 0) is 76.3 Å². The van der Waals surface area contributed by atoms with Gasteiger partial charge in [0, 0.05) is 23.7 Å². The number of hydrogen-bond acceptors (Lipinski definition) is 5. The standard InChI is InChI=1S/C25H24BrClN2O4S/c1-16-8-10-28(11-9-16)23(30)14-29-24(31)22(34-25(29)32)13-17-6-7-21(19(26)12-17)33-15-18-4-2-3-5-20(18)27/h2-7,12-13,16H,8-11,14-15H2,1H3/b22-13+. The SMILES string of the molecule is CC1CCN(C(=O)CN2C(=O)S/C(=C/c3ccc(OCc4ccccc4Cl)c(Br)c3)C2=O)CC1. The number of nitrogens with zero attached hydrogens (tertiary/aromatic N) is 2. The molecule has 34 heavy (non-hydrogen) atoms. The summed E-state index contributed by atoms with van der Waals surface area (Å²) in [6.45, 7) is 3.62. The van der Waals surface area contributed by atoms with Gasteiger partial charge in [-0.25, -0.2) is 0 Å². The molecule has 0 bridgehead atoms. The minimum atomic E-state index is -0.441. The van der Waals surface area contributed by atoms with Crippen molar-refractivity contribution in [2.75, 3.05) is 19.6 Å². The van der Waals surface area contributed by atoms with Crippen LogP contribution < -0.4 is 4.74 Å². The van der Waals surface area contributed by atoms with Gasteiger partial charge in [0.1, 0.15) is 18.9 Å². The number of likely N-dealkylation sites (tertiary alicyclic amines) is 1. The van der Waals surface area contributed by atoms with Crippen molar-refractivity contribution < 1.29 is 19.1 Å². The van der Waals surface area contributed by atoms with Crippen molar-refractivity contribution in [2.24, 2.45) is 5.92 Å². The van der Waals surface area contributed by atoms with E-state index in [0.29, 0.717) is 45.8 Å². The van der Waals surface area contributed by atoms with Crippen LogP contribution in [-0.2, 0) is 16.2 Å². The molecule has 0 atom stereocenters. The molecule has 2 aromatic carbocycles. The molecule has 4 rings (SSSR count). The molecular formula is C25H24BrClN2O4S. The smallest absolute Gasteiger partial charge is 0.294 e. The molecule has 0 radical (unpaired) electrons. The molecule has 2 aromatic rings. The van der Waals surface area contributed by atoms with Gasteiger partial charge in [-0.2, -0.15) is 0 Å². The van der Waals surface area contributed by atoms with E-state index in [0.717, 1.165) is 40.6 Å². The Morgan fingerprint density at radius 3 is 2.65 bits per heavy atom. The summed E-state index contributed by atoms with van der Waals surface area (Å²) < 4.78 is 6.57. The van der Waals surface area contributed by atoms with E-state index in [2.05, 4.69) is 22.9 Å². The van der Waals surface area contributed by atoms with Crippen molar-refractivity contribution in [3.8, 4) is 5.75 Å². The maximum Gasteiger partial charge on any atom is 0.294 e. The fourth-order valence-corrected chi connectivity index (χ4v) is 5.32. The zero-order chi connectivity index (χ0) is 24.2. The van der Waals surface area contributed by atoms with Crippen molar-refractivity contribution in [1.29, 1.82) is 0 Å². The maximum absolute atomic E-state index is 12.8. The molecule has 2 aliphatic rings. The summed E-state index contributed by atoms with van der Waals surface area (Å²) in [4.78, 5) is 40.9. The van der Waals surface area contributed by atoms with Gasteiger partial charge >= 0.3 is 0 Å². The molecule has 0 spiro atoms. The summed E-state index contributed by atoms with van der Waals surface area (Å²) in [5, 5.41) is 0.216. The molecule has 2 aliphatic heterocycles. The van der Waals surface area contributed by atoms with Crippen LogP contribution in [-0.4, -0.2) is 46.5 Å².